The summed E-state index contributed by atoms with van der Waals surface area (Å²) in [5.41, 5.74) is 2.44. The summed E-state index contributed by atoms with van der Waals surface area (Å²) in [5.74, 6) is -0.317. The number of furan rings is 1. The molecule has 0 saturated carbocycles. The van der Waals surface area contributed by atoms with Crippen LogP contribution in [-0.2, 0) is 6.42 Å². The van der Waals surface area contributed by atoms with Crippen molar-refractivity contribution in [2.75, 3.05) is 0 Å². The number of hydrogen-bond donors (Lipinski definition) is 0. The first-order chi connectivity index (χ1) is 9.04. The normalized spacial score (nSPS) is 22.5. The smallest absolute Gasteiger partial charge is 0.170 e. The van der Waals surface area contributed by atoms with Gasteiger partial charge in [0.1, 0.15) is 5.76 Å². The summed E-state index contributed by atoms with van der Waals surface area (Å²) >= 11 is 0. The van der Waals surface area contributed by atoms with E-state index in [-0.39, 0.29) is 23.1 Å². The van der Waals surface area contributed by atoms with E-state index in [4.69, 9.17) is 4.42 Å². The minimum absolute atomic E-state index is 0.185. The standard InChI is InChI=1S/C16H16F2O/c1-4-10-5-6-11-12-7-8(2)9(3)13(17)16(12)19-15(11)14(10)18/h5-7,9,13H,4H2,1-3H3. The average molecular weight is 262 g/mol. The maximum atomic E-state index is 14.3. The summed E-state index contributed by atoms with van der Waals surface area (Å²) < 4.78 is 34.1. The highest BCUT2D eigenvalue weighted by molar-refractivity contribution is 5.90. The summed E-state index contributed by atoms with van der Waals surface area (Å²) in [6, 6.07) is 3.58. The molecule has 2 unspecified atom stereocenters. The molecule has 1 aromatic carbocycles. The second kappa shape index (κ2) is 4.19. The van der Waals surface area contributed by atoms with Gasteiger partial charge in [0.25, 0.3) is 0 Å². The molecule has 0 fully saturated rings. The molecular formula is C16H16F2O. The maximum absolute atomic E-state index is 14.3. The fourth-order valence-corrected chi connectivity index (χ4v) is 2.65. The Kier molecular flexibility index (Phi) is 2.73. The molecule has 1 heterocycles. The predicted molar refractivity (Wildman–Crippen MR) is 72.2 cm³/mol. The van der Waals surface area contributed by atoms with E-state index in [0.29, 0.717) is 22.9 Å². The van der Waals surface area contributed by atoms with Gasteiger partial charge < -0.3 is 4.42 Å². The van der Waals surface area contributed by atoms with E-state index in [2.05, 4.69) is 0 Å². The molecule has 0 saturated heterocycles. The zero-order chi connectivity index (χ0) is 13.7. The molecule has 2 atom stereocenters. The Morgan fingerprint density at radius 2 is 2.05 bits per heavy atom. The van der Waals surface area contributed by atoms with Crippen LogP contribution in [0, 0.1) is 11.7 Å². The molecule has 100 valence electrons. The van der Waals surface area contributed by atoms with Crippen molar-refractivity contribution >= 4 is 17.0 Å². The van der Waals surface area contributed by atoms with Crippen LogP contribution in [0.15, 0.2) is 22.1 Å². The third-order valence-electron chi connectivity index (χ3n) is 4.11. The lowest BCUT2D eigenvalue weighted by Gasteiger charge is -2.20. The quantitative estimate of drug-likeness (QED) is 0.688. The highest BCUT2D eigenvalue weighted by Crippen LogP contribution is 2.44. The lowest BCUT2D eigenvalue weighted by molar-refractivity contribution is 0.231. The number of alkyl halides is 1. The minimum Gasteiger partial charge on any atom is -0.454 e. The van der Waals surface area contributed by atoms with Crippen LogP contribution in [0.1, 0.15) is 43.8 Å². The molecule has 1 aromatic heterocycles. The van der Waals surface area contributed by atoms with E-state index >= 15 is 0 Å². The molecule has 0 N–H and O–H groups in total. The van der Waals surface area contributed by atoms with Crippen LogP contribution in [0.4, 0.5) is 8.78 Å². The van der Waals surface area contributed by atoms with Gasteiger partial charge in [0.05, 0.1) is 0 Å². The predicted octanol–water partition coefficient (Wildman–Crippen LogP) is 5.20. The Hall–Kier alpha value is -1.64. The van der Waals surface area contributed by atoms with Crippen molar-refractivity contribution in [3.05, 3.63) is 40.4 Å². The van der Waals surface area contributed by atoms with Crippen molar-refractivity contribution in [1.82, 2.24) is 0 Å². The van der Waals surface area contributed by atoms with Gasteiger partial charge in [-0.2, -0.15) is 0 Å². The molecule has 1 aliphatic rings. The topological polar surface area (TPSA) is 13.1 Å². The van der Waals surface area contributed by atoms with E-state index in [0.717, 1.165) is 5.57 Å². The highest BCUT2D eigenvalue weighted by atomic mass is 19.1. The number of rotatable bonds is 1. The van der Waals surface area contributed by atoms with Crippen LogP contribution in [0.5, 0.6) is 0 Å². The molecule has 0 spiro atoms. The molecule has 0 amide bonds. The molecule has 2 aromatic rings. The number of fused-ring (bicyclic) bond motifs is 3. The third-order valence-corrected chi connectivity index (χ3v) is 4.11. The summed E-state index contributed by atoms with van der Waals surface area (Å²) in [6.45, 7) is 5.60. The number of aryl methyl sites for hydroxylation is 1. The molecule has 3 heteroatoms. The zero-order valence-electron chi connectivity index (χ0n) is 11.3. The Morgan fingerprint density at radius 3 is 2.74 bits per heavy atom. The van der Waals surface area contributed by atoms with Crippen LogP contribution >= 0.6 is 0 Å². The van der Waals surface area contributed by atoms with Gasteiger partial charge in [-0.3, -0.25) is 0 Å². The van der Waals surface area contributed by atoms with Crippen molar-refractivity contribution < 1.29 is 13.2 Å². The van der Waals surface area contributed by atoms with E-state index in [9.17, 15) is 8.78 Å². The van der Waals surface area contributed by atoms with Gasteiger partial charge in [-0.25, -0.2) is 8.78 Å². The monoisotopic (exact) mass is 262 g/mol. The van der Waals surface area contributed by atoms with E-state index in [1.807, 2.05) is 32.9 Å². The average Bonchev–Trinajstić information content (AvgIpc) is 2.77. The Balaban J connectivity index is 2.33. The molecule has 0 aliphatic heterocycles. The number of halogens is 2. The number of benzene rings is 1. The van der Waals surface area contributed by atoms with Crippen LogP contribution < -0.4 is 0 Å². The summed E-state index contributed by atoms with van der Waals surface area (Å²) in [5, 5.41) is 0.665. The molecular weight excluding hydrogens is 246 g/mol. The summed E-state index contributed by atoms with van der Waals surface area (Å²) in [6.07, 6.45) is 1.31. The van der Waals surface area contributed by atoms with E-state index < -0.39 is 6.17 Å². The molecule has 0 bridgehead atoms. The van der Waals surface area contributed by atoms with Crippen molar-refractivity contribution in [3.8, 4) is 0 Å². The van der Waals surface area contributed by atoms with E-state index in [1.54, 1.807) is 6.07 Å². The minimum atomic E-state index is -1.20. The Labute approximate surface area is 110 Å². The van der Waals surface area contributed by atoms with Gasteiger partial charge in [-0.1, -0.05) is 37.6 Å². The lowest BCUT2D eigenvalue weighted by atomic mass is 9.87. The fourth-order valence-electron chi connectivity index (χ4n) is 2.65. The first-order valence-corrected chi connectivity index (χ1v) is 6.60. The van der Waals surface area contributed by atoms with Gasteiger partial charge in [-0.05, 0) is 18.9 Å². The van der Waals surface area contributed by atoms with Gasteiger partial charge in [0.2, 0.25) is 0 Å². The number of hydrogen-bond acceptors (Lipinski definition) is 1. The second-order valence-electron chi connectivity index (χ2n) is 5.23. The first-order valence-electron chi connectivity index (χ1n) is 6.60. The van der Waals surface area contributed by atoms with Crippen LogP contribution in [-0.4, -0.2) is 0 Å². The Bertz CT molecular complexity index is 682. The van der Waals surface area contributed by atoms with Crippen LogP contribution in [0.3, 0.4) is 0 Å². The molecule has 0 radical (unpaired) electrons. The fraction of sp³-hybridized carbons (Fsp3) is 0.375. The number of allylic oxidation sites excluding steroid dienone is 1. The zero-order valence-corrected chi connectivity index (χ0v) is 11.3. The molecule has 1 aliphatic carbocycles. The van der Waals surface area contributed by atoms with Gasteiger partial charge in [-0.15, -0.1) is 0 Å². The largest absolute Gasteiger partial charge is 0.454 e. The van der Waals surface area contributed by atoms with Crippen molar-refractivity contribution in [2.24, 2.45) is 5.92 Å². The third kappa shape index (κ3) is 1.64. The maximum Gasteiger partial charge on any atom is 0.170 e. The van der Waals surface area contributed by atoms with Crippen molar-refractivity contribution in [2.45, 2.75) is 33.4 Å². The van der Waals surface area contributed by atoms with Gasteiger partial charge in [0, 0.05) is 16.9 Å². The van der Waals surface area contributed by atoms with Crippen molar-refractivity contribution in [3.63, 3.8) is 0 Å². The Morgan fingerprint density at radius 1 is 1.32 bits per heavy atom. The second-order valence-corrected chi connectivity index (χ2v) is 5.23. The van der Waals surface area contributed by atoms with Crippen LogP contribution in [0.2, 0.25) is 0 Å². The first kappa shape index (κ1) is 12.4. The molecule has 1 nitrogen and oxygen atoms in total. The molecule has 19 heavy (non-hydrogen) atoms. The summed E-state index contributed by atoms with van der Waals surface area (Å²) in [7, 11) is 0. The SMILES string of the molecule is CCc1ccc2c3c(oc2c1F)C(F)C(C)C(C)=C3. The van der Waals surface area contributed by atoms with Gasteiger partial charge in [0.15, 0.2) is 17.6 Å². The molecule has 3 rings (SSSR count). The lowest BCUT2D eigenvalue weighted by Crippen LogP contribution is -2.10. The van der Waals surface area contributed by atoms with Crippen LogP contribution in [0.25, 0.3) is 17.0 Å². The summed E-state index contributed by atoms with van der Waals surface area (Å²) in [4.78, 5) is 0. The van der Waals surface area contributed by atoms with E-state index in [1.165, 1.54) is 0 Å². The highest BCUT2D eigenvalue weighted by Gasteiger charge is 2.32. The van der Waals surface area contributed by atoms with Crippen molar-refractivity contribution in [1.29, 1.82) is 0 Å². The van der Waals surface area contributed by atoms with Gasteiger partial charge >= 0.3 is 0 Å².